The quantitative estimate of drug-likeness (QED) is 0.520. The number of rotatable bonds is 10. The van der Waals surface area contributed by atoms with Crippen LogP contribution in [0.3, 0.4) is 0 Å². The van der Waals surface area contributed by atoms with Crippen LogP contribution in [0.5, 0.6) is 17.2 Å². The summed E-state index contributed by atoms with van der Waals surface area (Å²) in [4.78, 5) is 38.2. The molecule has 1 N–H and O–H groups in total. The van der Waals surface area contributed by atoms with Gasteiger partial charge in [-0.15, -0.1) is 11.3 Å². The summed E-state index contributed by atoms with van der Waals surface area (Å²) >= 11 is 1.37. The van der Waals surface area contributed by atoms with E-state index in [0.717, 1.165) is 29.7 Å². The van der Waals surface area contributed by atoms with Crippen molar-refractivity contribution in [2.24, 2.45) is 0 Å². The maximum Gasteiger partial charge on any atom is 0.341 e. The fourth-order valence-corrected chi connectivity index (χ4v) is 4.97. The molecule has 0 bridgehead atoms. The van der Waals surface area contributed by atoms with E-state index in [4.69, 9.17) is 23.7 Å². The van der Waals surface area contributed by atoms with Crippen LogP contribution in [0.1, 0.15) is 39.7 Å². The Balaban J connectivity index is 1.62. The van der Waals surface area contributed by atoms with Crippen molar-refractivity contribution in [1.82, 2.24) is 0 Å². The van der Waals surface area contributed by atoms with Crippen molar-refractivity contribution < 1.29 is 38.1 Å². The molecule has 3 rings (SSSR count). The molecule has 178 valence electrons. The second-order valence-corrected chi connectivity index (χ2v) is 8.31. The first-order valence-electron chi connectivity index (χ1n) is 10.5. The molecule has 0 radical (unpaired) electrons. The van der Waals surface area contributed by atoms with Crippen LogP contribution >= 0.6 is 11.3 Å². The number of fused-ring (bicyclic) bond motifs is 1. The number of esters is 2. The lowest BCUT2D eigenvalue weighted by Gasteiger charge is -2.14. The third-order valence-electron chi connectivity index (χ3n) is 5.09. The van der Waals surface area contributed by atoms with E-state index in [2.05, 4.69) is 5.32 Å². The number of anilines is 1. The van der Waals surface area contributed by atoms with E-state index in [1.165, 1.54) is 32.7 Å². The number of hydrogen-bond acceptors (Lipinski definition) is 9. The Hall–Kier alpha value is -3.27. The fourth-order valence-electron chi connectivity index (χ4n) is 3.68. The second kappa shape index (κ2) is 11.0. The molecular formula is C23H27NO8S. The molecule has 1 heterocycles. The van der Waals surface area contributed by atoms with Crippen LogP contribution in [0.25, 0.3) is 0 Å². The van der Waals surface area contributed by atoms with Gasteiger partial charge in [0.1, 0.15) is 5.00 Å². The van der Waals surface area contributed by atoms with Crippen LogP contribution in [-0.2, 0) is 38.3 Å². The smallest absolute Gasteiger partial charge is 0.341 e. The minimum absolute atomic E-state index is 0.0919. The molecule has 0 fully saturated rings. The lowest BCUT2D eigenvalue weighted by Crippen LogP contribution is -2.22. The van der Waals surface area contributed by atoms with Crippen molar-refractivity contribution in [3.05, 3.63) is 33.7 Å². The van der Waals surface area contributed by atoms with Gasteiger partial charge in [0, 0.05) is 4.88 Å². The molecule has 2 aromatic rings. The molecule has 1 aliphatic carbocycles. The molecule has 9 nitrogen and oxygen atoms in total. The molecule has 1 aromatic heterocycles. The summed E-state index contributed by atoms with van der Waals surface area (Å²) in [7, 11) is 4.45. The maximum atomic E-state index is 12.4. The standard InChI is InChI=1S/C23H27NO8S/c1-5-31-23(27)20-14-7-6-8-17(14)33-22(20)24-18(25)12-32-19(26)11-13-9-15(28-2)21(30-4)16(10-13)29-3/h9-10H,5-8,11-12H2,1-4H3,(H,24,25). The van der Waals surface area contributed by atoms with Crippen LogP contribution in [0, 0.1) is 0 Å². The number of amides is 1. The highest BCUT2D eigenvalue weighted by Gasteiger charge is 2.28. The average Bonchev–Trinajstić information content (AvgIpc) is 3.37. The molecule has 1 aliphatic rings. The number of methoxy groups -OCH3 is 3. The topological polar surface area (TPSA) is 109 Å². The number of benzene rings is 1. The van der Waals surface area contributed by atoms with Crippen LogP contribution in [0.4, 0.5) is 5.00 Å². The van der Waals surface area contributed by atoms with E-state index in [9.17, 15) is 14.4 Å². The van der Waals surface area contributed by atoms with Gasteiger partial charge in [0.05, 0.1) is 39.9 Å². The van der Waals surface area contributed by atoms with Gasteiger partial charge < -0.3 is 29.0 Å². The Labute approximate surface area is 195 Å². The van der Waals surface area contributed by atoms with Gasteiger partial charge in [-0.05, 0) is 49.4 Å². The summed E-state index contributed by atoms with van der Waals surface area (Å²) in [6.45, 7) is 1.50. The Morgan fingerprint density at radius 2 is 1.70 bits per heavy atom. The number of carbonyl (C=O) groups excluding carboxylic acids is 3. The van der Waals surface area contributed by atoms with E-state index in [-0.39, 0.29) is 13.0 Å². The number of ether oxygens (including phenoxy) is 5. The molecule has 0 saturated heterocycles. The lowest BCUT2D eigenvalue weighted by atomic mass is 10.1. The first-order valence-corrected chi connectivity index (χ1v) is 11.3. The molecule has 0 atom stereocenters. The summed E-state index contributed by atoms with van der Waals surface area (Å²) in [5.74, 6) is -0.343. The summed E-state index contributed by atoms with van der Waals surface area (Å²) in [6.07, 6.45) is 2.53. The second-order valence-electron chi connectivity index (χ2n) is 7.20. The number of hydrogen-bond donors (Lipinski definition) is 1. The minimum Gasteiger partial charge on any atom is -0.493 e. The highest BCUT2D eigenvalue weighted by atomic mass is 32.1. The molecule has 0 aliphatic heterocycles. The van der Waals surface area contributed by atoms with Gasteiger partial charge in [0.2, 0.25) is 5.75 Å². The van der Waals surface area contributed by atoms with Gasteiger partial charge in [0.25, 0.3) is 5.91 Å². The molecule has 0 unspecified atom stereocenters. The van der Waals surface area contributed by atoms with Crippen LogP contribution in [-0.4, -0.2) is 52.4 Å². The van der Waals surface area contributed by atoms with Crippen molar-refractivity contribution in [3.8, 4) is 17.2 Å². The Morgan fingerprint density at radius 1 is 1.00 bits per heavy atom. The largest absolute Gasteiger partial charge is 0.493 e. The number of thiophene rings is 1. The van der Waals surface area contributed by atoms with E-state index in [1.807, 2.05) is 0 Å². The zero-order chi connectivity index (χ0) is 24.0. The van der Waals surface area contributed by atoms with Crippen molar-refractivity contribution in [2.75, 3.05) is 39.9 Å². The zero-order valence-electron chi connectivity index (χ0n) is 19.1. The highest BCUT2D eigenvalue weighted by molar-refractivity contribution is 7.17. The third kappa shape index (κ3) is 5.57. The van der Waals surface area contributed by atoms with Gasteiger partial charge in [-0.3, -0.25) is 9.59 Å². The van der Waals surface area contributed by atoms with E-state index >= 15 is 0 Å². The predicted octanol–water partition coefficient (Wildman–Crippen LogP) is 3.16. The van der Waals surface area contributed by atoms with Crippen molar-refractivity contribution in [1.29, 1.82) is 0 Å². The van der Waals surface area contributed by atoms with Crippen molar-refractivity contribution >= 4 is 34.2 Å². The molecule has 33 heavy (non-hydrogen) atoms. The Morgan fingerprint density at radius 3 is 2.30 bits per heavy atom. The molecule has 10 heteroatoms. The van der Waals surface area contributed by atoms with Gasteiger partial charge in [-0.2, -0.15) is 0 Å². The van der Waals surface area contributed by atoms with Crippen LogP contribution in [0.2, 0.25) is 0 Å². The molecule has 0 saturated carbocycles. The van der Waals surface area contributed by atoms with Crippen LogP contribution in [0.15, 0.2) is 12.1 Å². The average molecular weight is 478 g/mol. The normalized spacial score (nSPS) is 12.0. The van der Waals surface area contributed by atoms with Gasteiger partial charge >= 0.3 is 11.9 Å². The summed E-state index contributed by atoms with van der Waals surface area (Å²) in [5.41, 5.74) is 1.92. The molecule has 0 spiro atoms. The van der Waals surface area contributed by atoms with Gasteiger partial charge in [-0.25, -0.2) is 4.79 Å². The monoisotopic (exact) mass is 477 g/mol. The van der Waals surface area contributed by atoms with Gasteiger partial charge in [0.15, 0.2) is 18.1 Å². The summed E-state index contributed by atoms with van der Waals surface area (Å²) < 4.78 is 26.1. The lowest BCUT2D eigenvalue weighted by molar-refractivity contribution is -0.146. The minimum atomic E-state index is -0.598. The molecular weight excluding hydrogens is 450 g/mol. The zero-order valence-corrected chi connectivity index (χ0v) is 19.9. The van der Waals surface area contributed by atoms with Crippen LogP contribution < -0.4 is 19.5 Å². The Kier molecular flexibility index (Phi) is 8.16. The van der Waals surface area contributed by atoms with E-state index in [1.54, 1.807) is 19.1 Å². The van der Waals surface area contributed by atoms with Gasteiger partial charge in [-0.1, -0.05) is 0 Å². The molecule has 1 aromatic carbocycles. The third-order valence-corrected chi connectivity index (χ3v) is 6.30. The highest BCUT2D eigenvalue weighted by Crippen LogP contribution is 2.40. The Bertz CT molecular complexity index is 1020. The first-order chi connectivity index (χ1) is 15.9. The summed E-state index contributed by atoms with van der Waals surface area (Å²) in [5, 5.41) is 3.13. The number of aryl methyl sites for hydroxylation is 1. The van der Waals surface area contributed by atoms with Crippen molar-refractivity contribution in [2.45, 2.75) is 32.6 Å². The molecule has 1 amide bonds. The number of carbonyl (C=O) groups is 3. The summed E-state index contributed by atoms with van der Waals surface area (Å²) in [6, 6.07) is 3.28. The van der Waals surface area contributed by atoms with E-state index in [0.29, 0.717) is 33.4 Å². The predicted molar refractivity (Wildman–Crippen MR) is 122 cm³/mol. The maximum absolute atomic E-state index is 12.4. The number of nitrogens with one attached hydrogen (secondary N) is 1. The van der Waals surface area contributed by atoms with E-state index < -0.39 is 24.5 Å². The SMILES string of the molecule is CCOC(=O)c1c(NC(=O)COC(=O)Cc2cc(OC)c(OC)c(OC)c2)sc2c1CCC2. The van der Waals surface area contributed by atoms with Crippen molar-refractivity contribution in [3.63, 3.8) is 0 Å². The fraction of sp³-hybridized carbons (Fsp3) is 0.435. The first kappa shape index (κ1) is 24.4.